The Kier molecular flexibility index (Phi) is 4.31. The van der Waals surface area contributed by atoms with Gasteiger partial charge in [0.05, 0.1) is 16.6 Å². The van der Waals surface area contributed by atoms with Gasteiger partial charge in [-0.05, 0) is 31.0 Å². The van der Waals surface area contributed by atoms with Gasteiger partial charge >= 0.3 is 5.97 Å². The van der Waals surface area contributed by atoms with Gasteiger partial charge in [0.2, 0.25) is 0 Å². The maximum absolute atomic E-state index is 10.9. The SMILES string of the molecule is O=C(O)c1cnc(C2CCCN2Cc2ccncc2Cl)nc1. The Balaban J connectivity index is 1.78. The molecule has 2 aromatic heterocycles. The zero-order valence-corrected chi connectivity index (χ0v) is 12.6. The molecule has 1 saturated heterocycles. The fraction of sp³-hybridized carbons (Fsp3) is 0.333. The first kappa shape index (κ1) is 14.9. The molecule has 7 heteroatoms. The molecule has 6 nitrogen and oxygen atoms in total. The van der Waals surface area contributed by atoms with Crippen molar-refractivity contribution >= 4 is 17.6 Å². The molecule has 114 valence electrons. The highest BCUT2D eigenvalue weighted by molar-refractivity contribution is 6.31. The van der Waals surface area contributed by atoms with E-state index in [0.717, 1.165) is 24.9 Å². The molecule has 0 saturated carbocycles. The van der Waals surface area contributed by atoms with Crippen molar-refractivity contribution in [2.45, 2.75) is 25.4 Å². The van der Waals surface area contributed by atoms with Gasteiger partial charge in [0.15, 0.2) is 0 Å². The Morgan fingerprint density at radius 1 is 1.36 bits per heavy atom. The number of hydrogen-bond acceptors (Lipinski definition) is 5. The number of halogens is 1. The van der Waals surface area contributed by atoms with Crippen LogP contribution in [0.3, 0.4) is 0 Å². The lowest BCUT2D eigenvalue weighted by Gasteiger charge is -2.23. The number of carboxylic acids is 1. The third kappa shape index (κ3) is 3.08. The number of aromatic nitrogens is 3. The lowest BCUT2D eigenvalue weighted by Crippen LogP contribution is -2.24. The molecule has 3 heterocycles. The Morgan fingerprint density at radius 3 is 2.82 bits per heavy atom. The van der Waals surface area contributed by atoms with Crippen LogP contribution in [0.25, 0.3) is 0 Å². The van der Waals surface area contributed by atoms with E-state index in [-0.39, 0.29) is 11.6 Å². The van der Waals surface area contributed by atoms with Crippen LogP contribution in [0, 0.1) is 0 Å². The number of carboxylic acid groups (broad SMARTS) is 1. The van der Waals surface area contributed by atoms with Crippen LogP contribution in [0.5, 0.6) is 0 Å². The number of carbonyl (C=O) groups is 1. The first-order valence-corrected chi connectivity index (χ1v) is 7.40. The van der Waals surface area contributed by atoms with E-state index in [1.807, 2.05) is 6.07 Å². The average Bonchev–Trinajstić information content (AvgIpc) is 2.98. The first-order chi connectivity index (χ1) is 10.6. The summed E-state index contributed by atoms with van der Waals surface area (Å²) in [6.07, 6.45) is 8.10. The smallest absolute Gasteiger partial charge is 0.338 e. The molecule has 3 rings (SSSR count). The molecule has 0 aromatic carbocycles. The minimum Gasteiger partial charge on any atom is -0.478 e. The average molecular weight is 319 g/mol. The van der Waals surface area contributed by atoms with Gasteiger partial charge < -0.3 is 5.11 Å². The minimum atomic E-state index is -1.02. The molecule has 1 unspecified atom stereocenters. The van der Waals surface area contributed by atoms with E-state index in [0.29, 0.717) is 17.4 Å². The second-order valence-electron chi connectivity index (χ2n) is 5.23. The third-order valence-corrected chi connectivity index (χ3v) is 4.15. The normalized spacial score (nSPS) is 18.5. The Bertz CT molecular complexity index is 677. The number of likely N-dealkylation sites (tertiary alicyclic amines) is 1. The van der Waals surface area contributed by atoms with E-state index >= 15 is 0 Å². The zero-order chi connectivity index (χ0) is 15.5. The second-order valence-corrected chi connectivity index (χ2v) is 5.64. The van der Waals surface area contributed by atoms with Crippen LogP contribution in [0.1, 0.15) is 40.6 Å². The predicted octanol–water partition coefficient (Wildman–Crippen LogP) is 2.56. The van der Waals surface area contributed by atoms with Crippen molar-refractivity contribution in [3.8, 4) is 0 Å². The summed E-state index contributed by atoms with van der Waals surface area (Å²) in [6, 6.07) is 2.00. The summed E-state index contributed by atoms with van der Waals surface area (Å²) in [5.41, 5.74) is 1.12. The molecule has 1 fully saturated rings. The predicted molar refractivity (Wildman–Crippen MR) is 80.6 cm³/mol. The van der Waals surface area contributed by atoms with Crippen LogP contribution < -0.4 is 0 Å². The summed E-state index contributed by atoms with van der Waals surface area (Å²) < 4.78 is 0. The van der Waals surface area contributed by atoms with Gasteiger partial charge in [0, 0.05) is 31.3 Å². The molecule has 1 aliphatic heterocycles. The summed E-state index contributed by atoms with van der Waals surface area (Å²) in [7, 11) is 0. The van der Waals surface area contributed by atoms with Crippen molar-refractivity contribution in [3.05, 3.63) is 52.8 Å². The number of pyridine rings is 1. The molecule has 22 heavy (non-hydrogen) atoms. The molecule has 1 N–H and O–H groups in total. The lowest BCUT2D eigenvalue weighted by atomic mass is 10.2. The summed E-state index contributed by atoms with van der Waals surface area (Å²) in [6.45, 7) is 1.64. The van der Waals surface area contributed by atoms with Gasteiger partial charge in [-0.25, -0.2) is 14.8 Å². The molecule has 0 aliphatic carbocycles. The summed E-state index contributed by atoms with van der Waals surface area (Å²) in [4.78, 5) is 25.6. The molecule has 0 spiro atoms. The van der Waals surface area contributed by atoms with Crippen molar-refractivity contribution in [3.63, 3.8) is 0 Å². The van der Waals surface area contributed by atoms with Gasteiger partial charge in [0.1, 0.15) is 5.82 Å². The van der Waals surface area contributed by atoms with Crippen LogP contribution in [0.4, 0.5) is 0 Å². The quantitative estimate of drug-likeness (QED) is 0.933. The van der Waals surface area contributed by atoms with Crippen molar-refractivity contribution in [2.24, 2.45) is 0 Å². The van der Waals surface area contributed by atoms with E-state index in [9.17, 15) is 4.79 Å². The molecule has 0 amide bonds. The van der Waals surface area contributed by atoms with Crippen molar-refractivity contribution in [2.75, 3.05) is 6.54 Å². The van der Waals surface area contributed by atoms with Crippen LogP contribution in [-0.4, -0.2) is 37.5 Å². The van der Waals surface area contributed by atoms with E-state index in [1.54, 1.807) is 12.4 Å². The molecular weight excluding hydrogens is 304 g/mol. The van der Waals surface area contributed by atoms with Gasteiger partial charge in [0.25, 0.3) is 0 Å². The summed E-state index contributed by atoms with van der Waals surface area (Å²) in [5, 5.41) is 9.56. The Hall–Kier alpha value is -2.05. The van der Waals surface area contributed by atoms with Crippen LogP contribution in [0.15, 0.2) is 30.9 Å². The molecule has 0 bridgehead atoms. The van der Waals surface area contributed by atoms with E-state index in [1.165, 1.54) is 12.4 Å². The zero-order valence-electron chi connectivity index (χ0n) is 11.8. The van der Waals surface area contributed by atoms with E-state index in [4.69, 9.17) is 16.7 Å². The maximum atomic E-state index is 10.9. The fourth-order valence-electron chi connectivity index (χ4n) is 2.68. The third-order valence-electron chi connectivity index (χ3n) is 3.81. The van der Waals surface area contributed by atoms with Gasteiger partial charge in [-0.1, -0.05) is 11.6 Å². The molecule has 2 aromatic rings. The minimum absolute atomic E-state index is 0.0899. The van der Waals surface area contributed by atoms with Crippen molar-refractivity contribution in [1.29, 1.82) is 0 Å². The summed E-state index contributed by atoms with van der Waals surface area (Å²) in [5.74, 6) is -0.355. The van der Waals surface area contributed by atoms with Crippen molar-refractivity contribution < 1.29 is 9.90 Å². The van der Waals surface area contributed by atoms with E-state index in [2.05, 4.69) is 19.9 Å². The fourth-order valence-corrected chi connectivity index (χ4v) is 2.86. The van der Waals surface area contributed by atoms with E-state index < -0.39 is 5.97 Å². The second kappa shape index (κ2) is 6.37. The van der Waals surface area contributed by atoms with Crippen LogP contribution in [-0.2, 0) is 6.54 Å². The van der Waals surface area contributed by atoms with Crippen LogP contribution in [0.2, 0.25) is 5.02 Å². The van der Waals surface area contributed by atoms with Crippen molar-refractivity contribution in [1.82, 2.24) is 19.9 Å². The maximum Gasteiger partial charge on any atom is 0.338 e. The lowest BCUT2D eigenvalue weighted by molar-refractivity contribution is 0.0695. The molecule has 1 aliphatic rings. The molecule has 0 radical (unpaired) electrons. The van der Waals surface area contributed by atoms with Gasteiger partial charge in [-0.15, -0.1) is 0 Å². The highest BCUT2D eigenvalue weighted by Crippen LogP contribution is 2.32. The highest BCUT2D eigenvalue weighted by Gasteiger charge is 2.28. The molecule has 1 atom stereocenters. The first-order valence-electron chi connectivity index (χ1n) is 7.03. The largest absolute Gasteiger partial charge is 0.478 e. The number of nitrogens with zero attached hydrogens (tertiary/aromatic N) is 4. The standard InChI is InChI=1S/C15H15ClN4O2/c16-12-8-17-4-3-10(12)9-20-5-1-2-13(20)14-18-6-11(7-19-14)15(21)22/h3-4,6-8,13H,1-2,5,9H2,(H,21,22). The molecular formula is C15H15ClN4O2. The van der Waals surface area contributed by atoms with Crippen LogP contribution >= 0.6 is 11.6 Å². The summed E-state index contributed by atoms with van der Waals surface area (Å²) >= 11 is 6.17. The number of hydrogen-bond donors (Lipinski definition) is 1. The Labute approximate surface area is 132 Å². The number of rotatable bonds is 4. The number of aromatic carboxylic acids is 1. The van der Waals surface area contributed by atoms with Gasteiger partial charge in [-0.2, -0.15) is 0 Å². The Morgan fingerprint density at radius 2 is 2.14 bits per heavy atom. The monoisotopic (exact) mass is 318 g/mol. The topological polar surface area (TPSA) is 79.2 Å². The van der Waals surface area contributed by atoms with Gasteiger partial charge in [-0.3, -0.25) is 9.88 Å². The highest BCUT2D eigenvalue weighted by atomic mass is 35.5.